The minimum absolute atomic E-state index is 0.203. The first-order chi connectivity index (χ1) is 8.12. The lowest BCUT2D eigenvalue weighted by atomic mass is 10.1. The monoisotopic (exact) mass is 236 g/mol. The van der Waals surface area contributed by atoms with Gasteiger partial charge in [0, 0.05) is 11.6 Å². The van der Waals surface area contributed by atoms with E-state index in [0.29, 0.717) is 17.7 Å². The molecule has 5 heteroatoms. The maximum absolute atomic E-state index is 13.1. The Labute approximate surface area is 98.9 Å². The van der Waals surface area contributed by atoms with Gasteiger partial charge in [-0.2, -0.15) is 5.26 Å². The normalized spacial score (nSPS) is 12.9. The summed E-state index contributed by atoms with van der Waals surface area (Å²) in [5.74, 6) is -0.268. The van der Waals surface area contributed by atoms with Gasteiger partial charge in [0.05, 0.1) is 5.71 Å². The average Bonchev–Trinajstić information content (AvgIpc) is 2.35. The first-order valence-corrected chi connectivity index (χ1v) is 5.17. The molecule has 1 rings (SSSR count). The molecule has 0 amide bonds. The Morgan fingerprint density at radius 1 is 1.65 bits per heavy atom. The van der Waals surface area contributed by atoms with Crippen molar-refractivity contribution >= 4 is 5.71 Å². The molecule has 1 atom stereocenters. The van der Waals surface area contributed by atoms with Crippen LogP contribution < -0.4 is 4.74 Å². The quantitative estimate of drug-likeness (QED) is 0.496. The van der Waals surface area contributed by atoms with E-state index >= 15 is 0 Å². The molecule has 0 saturated carbocycles. The Hall–Kier alpha value is -2.09. The Balaban J connectivity index is 3.12. The van der Waals surface area contributed by atoms with Crippen molar-refractivity contribution in [3.8, 4) is 11.8 Å². The molecular formula is C12H13FN2O2. The van der Waals surface area contributed by atoms with Gasteiger partial charge < -0.3 is 9.94 Å². The van der Waals surface area contributed by atoms with Gasteiger partial charge in [-0.05, 0) is 25.5 Å². The molecule has 0 saturated heterocycles. The van der Waals surface area contributed by atoms with Crippen molar-refractivity contribution in [2.24, 2.45) is 5.16 Å². The van der Waals surface area contributed by atoms with Crippen molar-refractivity contribution < 1.29 is 14.3 Å². The van der Waals surface area contributed by atoms with Gasteiger partial charge in [-0.25, -0.2) is 4.39 Å². The topological polar surface area (TPSA) is 65.6 Å². The summed E-state index contributed by atoms with van der Waals surface area (Å²) in [6.45, 7) is 3.35. The fraction of sp³-hybridized carbons (Fsp3) is 0.333. The minimum atomic E-state index is -0.651. The Morgan fingerprint density at radius 2 is 2.35 bits per heavy atom. The van der Waals surface area contributed by atoms with E-state index < -0.39 is 11.9 Å². The number of halogens is 1. The number of hydrogen-bond donors (Lipinski definition) is 1. The van der Waals surface area contributed by atoms with Crippen molar-refractivity contribution in [1.82, 2.24) is 0 Å². The SMILES string of the molecule is CCC(C#N)Oc1cc(F)ccc1C(C)=NO. The minimum Gasteiger partial charge on any atom is -0.475 e. The lowest BCUT2D eigenvalue weighted by Crippen LogP contribution is -2.14. The molecular weight excluding hydrogens is 223 g/mol. The van der Waals surface area contributed by atoms with Crippen LogP contribution in [0.4, 0.5) is 4.39 Å². The number of nitriles is 1. The summed E-state index contributed by atoms with van der Waals surface area (Å²) in [7, 11) is 0. The van der Waals surface area contributed by atoms with Gasteiger partial charge in [-0.3, -0.25) is 0 Å². The van der Waals surface area contributed by atoms with Crippen molar-refractivity contribution in [1.29, 1.82) is 5.26 Å². The summed E-state index contributed by atoms with van der Waals surface area (Å²) in [5.41, 5.74) is 0.760. The smallest absolute Gasteiger partial charge is 0.184 e. The van der Waals surface area contributed by atoms with E-state index in [1.165, 1.54) is 18.2 Å². The largest absolute Gasteiger partial charge is 0.475 e. The molecule has 17 heavy (non-hydrogen) atoms. The van der Waals surface area contributed by atoms with Crippen molar-refractivity contribution in [2.75, 3.05) is 0 Å². The molecule has 0 aliphatic heterocycles. The van der Waals surface area contributed by atoms with Crippen molar-refractivity contribution in [2.45, 2.75) is 26.4 Å². The van der Waals surface area contributed by atoms with Gasteiger partial charge in [0.15, 0.2) is 6.10 Å². The fourth-order valence-corrected chi connectivity index (χ4v) is 1.30. The lowest BCUT2D eigenvalue weighted by Gasteiger charge is -2.13. The van der Waals surface area contributed by atoms with Crippen LogP contribution in [0.25, 0.3) is 0 Å². The van der Waals surface area contributed by atoms with Gasteiger partial charge in [0.1, 0.15) is 17.6 Å². The average molecular weight is 236 g/mol. The molecule has 1 unspecified atom stereocenters. The molecule has 90 valence electrons. The molecule has 4 nitrogen and oxygen atoms in total. The van der Waals surface area contributed by atoms with E-state index in [1.54, 1.807) is 13.8 Å². The van der Waals surface area contributed by atoms with Crippen molar-refractivity contribution in [3.05, 3.63) is 29.6 Å². The van der Waals surface area contributed by atoms with E-state index in [2.05, 4.69) is 5.16 Å². The van der Waals surface area contributed by atoms with Crippen molar-refractivity contribution in [3.63, 3.8) is 0 Å². The molecule has 0 bridgehead atoms. The number of hydrogen-bond acceptors (Lipinski definition) is 4. The molecule has 0 radical (unpaired) electrons. The van der Waals surface area contributed by atoms with Crippen LogP contribution in [0.3, 0.4) is 0 Å². The van der Waals surface area contributed by atoms with Gasteiger partial charge in [-0.1, -0.05) is 12.1 Å². The number of nitrogens with zero attached hydrogens (tertiary/aromatic N) is 2. The van der Waals surface area contributed by atoms with Gasteiger partial charge in [0.25, 0.3) is 0 Å². The van der Waals surface area contributed by atoms with Crippen LogP contribution in [0.2, 0.25) is 0 Å². The number of ether oxygens (including phenoxy) is 1. The standard InChI is InChI=1S/C12H13FN2O2/c1-3-10(7-14)17-12-6-9(13)4-5-11(12)8(2)15-16/h4-6,10,16H,3H2,1-2H3. The maximum Gasteiger partial charge on any atom is 0.184 e. The summed E-state index contributed by atoms with van der Waals surface area (Å²) in [4.78, 5) is 0. The predicted molar refractivity (Wildman–Crippen MR) is 60.7 cm³/mol. The highest BCUT2D eigenvalue weighted by atomic mass is 19.1. The summed E-state index contributed by atoms with van der Waals surface area (Å²) < 4.78 is 18.5. The summed E-state index contributed by atoms with van der Waals surface area (Å²) in [5, 5.41) is 20.5. The van der Waals surface area contributed by atoms with Crippen LogP contribution in [-0.4, -0.2) is 17.0 Å². The summed E-state index contributed by atoms with van der Waals surface area (Å²) >= 11 is 0. The third kappa shape index (κ3) is 3.18. The Morgan fingerprint density at radius 3 is 2.88 bits per heavy atom. The van der Waals surface area contributed by atoms with E-state index in [9.17, 15) is 4.39 Å². The molecule has 0 heterocycles. The summed E-state index contributed by atoms with van der Waals surface area (Å²) in [6, 6.07) is 5.82. The molecule has 1 aromatic rings. The highest BCUT2D eigenvalue weighted by molar-refractivity contribution is 6.00. The summed E-state index contributed by atoms with van der Waals surface area (Å²) in [6.07, 6.45) is -0.163. The van der Waals surface area contributed by atoms with E-state index in [4.69, 9.17) is 15.2 Å². The van der Waals surface area contributed by atoms with E-state index in [1.807, 2.05) is 6.07 Å². The van der Waals surface area contributed by atoms with E-state index in [0.717, 1.165) is 0 Å². The number of oxime groups is 1. The fourth-order valence-electron chi connectivity index (χ4n) is 1.30. The zero-order valence-corrected chi connectivity index (χ0v) is 9.64. The van der Waals surface area contributed by atoms with Crippen LogP contribution in [0.5, 0.6) is 5.75 Å². The van der Waals surface area contributed by atoms with Crippen LogP contribution in [-0.2, 0) is 0 Å². The second kappa shape index (κ2) is 5.85. The van der Waals surface area contributed by atoms with Crippen LogP contribution in [0, 0.1) is 17.1 Å². The Kier molecular flexibility index (Phi) is 4.46. The van der Waals surface area contributed by atoms with Gasteiger partial charge in [-0.15, -0.1) is 0 Å². The first-order valence-electron chi connectivity index (χ1n) is 5.17. The number of rotatable bonds is 4. The van der Waals surface area contributed by atoms with E-state index in [-0.39, 0.29) is 5.75 Å². The third-order valence-electron chi connectivity index (χ3n) is 2.27. The molecule has 0 spiro atoms. The highest BCUT2D eigenvalue weighted by Crippen LogP contribution is 2.22. The third-order valence-corrected chi connectivity index (χ3v) is 2.27. The zero-order valence-electron chi connectivity index (χ0n) is 9.64. The second-order valence-electron chi connectivity index (χ2n) is 3.47. The molecule has 1 aromatic carbocycles. The highest BCUT2D eigenvalue weighted by Gasteiger charge is 2.13. The Bertz CT molecular complexity index is 466. The molecule has 0 fully saturated rings. The number of benzene rings is 1. The first kappa shape index (κ1) is 13.0. The molecule has 0 aromatic heterocycles. The molecule has 0 aliphatic carbocycles. The second-order valence-corrected chi connectivity index (χ2v) is 3.47. The molecule has 0 aliphatic rings. The lowest BCUT2D eigenvalue weighted by molar-refractivity contribution is 0.250. The molecule has 1 N–H and O–H groups in total. The van der Waals surface area contributed by atoms with Gasteiger partial charge in [0.2, 0.25) is 0 Å². The van der Waals surface area contributed by atoms with Crippen LogP contribution in [0.15, 0.2) is 23.4 Å². The zero-order chi connectivity index (χ0) is 12.8. The van der Waals surface area contributed by atoms with Gasteiger partial charge >= 0.3 is 0 Å². The van der Waals surface area contributed by atoms with Crippen LogP contribution >= 0.6 is 0 Å². The maximum atomic E-state index is 13.1. The predicted octanol–water partition coefficient (Wildman–Crippen LogP) is 2.70. The van der Waals surface area contributed by atoms with Crippen LogP contribution in [0.1, 0.15) is 25.8 Å².